The highest BCUT2D eigenvalue weighted by molar-refractivity contribution is 5.51. The number of benzene rings is 1. The van der Waals surface area contributed by atoms with Crippen molar-refractivity contribution >= 4 is 5.87 Å². The zero-order chi connectivity index (χ0) is 11.3. The Kier molecular flexibility index (Phi) is 3.95. The topological polar surface area (TPSA) is 30.8 Å². The van der Waals surface area contributed by atoms with Gasteiger partial charge in [0.15, 0.2) is 0 Å². The van der Waals surface area contributed by atoms with Crippen molar-refractivity contribution in [3.05, 3.63) is 29.8 Å². The summed E-state index contributed by atoms with van der Waals surface area (Å²) >= 11 is 0. The van der Waals surface area contributed by atoms with Crippen LogP contribution in [0, 0.1) is 6.92 Å². The molecule has 0 aliphatic heterocycles. The molecule has 80 valence electrons. The molecule has 0 bridgehead atoms. The van der Waals surface area contributed by atoms with E-state index in [0.29, 0.717) is 6.54 Å². The maximum Gasteiger partial charge on any atom is 0.127 e. The molecule has 0 radical (unpaired) electrons. The van der Waals surface area contributed by atoms with Crippen LogP contribution in [0.3, 0.4) is 0 Å². The number of ether oxygens (including phenoxy) is 2. The van der Waals surface area contributed by atoms with Gasteiger partial charge in [-0.3, -0.25) is 0 Å². The van der Waals surface area contributed by atoms with Gasteiger partial charge in [0.05, 0.1) is 26.3 Å². The maximum atomic E-state index is 5.28. The van der Waals surface area contributed by atoms with Crippen LogP contribution in [0.1, 0.15) is 11.1 Å². The number of aliphatic imine (C=N–C) groups is 1. The first-order chi connectivity index (χ1) is 7.22. The Balaban J connectivity index is 3.23. The van der Waals surface area contributed by atoms with E-state index in [9.17, 15) is 0 Å². The minimum atomic E-state index is 0.468. The van der Waals surface area contributed by atoms with E-state index in [2.05, 4.69) is 17.4 Å². The van der Waals surface area contributed by atoms with Crippen LogP contribution in [0.4, 0.5) is 0 Å². The molecule has 0 aromatic heterocycles. The molecular formula is C12H15NO2. The molecule has 3 heteroatoms. The van der Waals surface area contributed by atoms with Gasteiger partial charge in [-0.25, -0.2) is 4.99 Å². The molecule has 15 heavy (non-hydrogen) atoms. The molecule has 0 aliphatic rings. The minimum Gasteiger partial charge on any atom is -0.496 e. The normalized spacial score (nSPS) is 9.27. The summed E-state index contributed by atoms with van der Waals surface area (Å²) < 4.78 is 10.6. The number of nitrogens with zero attached hydrogens (tertiary/aromatic N) is 1. The fraction of sp³-hybridized carbons (Fsp3) is 0.333. The van der Waals surface area contributed by atoms with E-state index in [4.69, 9.17) is 9.47 Å². The number of rotatable bonds is 4. The molecule has 0 N–H and O–H groups in total. The number of hydrogen-bond acceptors (Lipinski definition) is 3. The van der Waals surface area contributed by atoms with E-state index in [-0.39, 0.29) is 0 Å². The Morgan fingerprint density at radius 1 is 1.27 bits per heavy atom. The predicted molar refractivity (Wildman–Crippen MR) is 61.0 cm³/mol. The first kappa shape index (κ1) is 11.3. The van der Waals surface area contributed by atoms with Gasteiger partial charge in [0.25, 0.3) is 0 Å². The van der Waals surface area contributed by atoms with E-state index >= 15 is 0 Å². The van der Waals surface area contributed by atoms with Crippen molar-refractivity contribution in [2.75, 3.05) is 14.2 Å². The number of methoxy groups -OCH3 is 2. The third kappa shape index (κ3) is 2.61. The Bertz CT molecular complexity index is 368. The van der Waals surface area contributed by atoms with Gasteiger partial charge in [0.2, 0.25) is 0 Å². The lowest BCUT2D eigenvalue weighted by molar-refractivity contribution is 0.385. The predicted octanol–water partition coefficient (Wildman–Crippen LogP) is 2.37. The van der Waals surface area contributed by atoms with E-state index in [0.717, 1.165) is 22.6 Å². The molecule has 0 spiro atoms. The van der Waals surface area contributed by atoms with Crippen molar-refractivity contribution in [3.8, 4) is 11.5 Å². The quantitative estimate of drug-likeness (QED) is 0.706. The van der Waals surface area contributed by atoms with Crippen molar-refractivity contribution in [1.29, 1.82) is 0 Å². The second-order valence-corrected chi connectivity index (χ2v) is 3.12. The smallest absolute Gasteiger partial charge is 0.127 e. The summed E-state index contributed by atoms with van der Waals surface area (Å²) in [6.07, 6.45) is 0. The van der Waals surface area contributed by atoms with Crippen LogP contribution < -0.4 is 9.47 Å². The summed E-state index contributed by atoms with van der Waals surface area (Å²) in [4.78, 5) is 3.97. The molecule has 0 saturated heterocycles. The number of hydrogen-bond donors (Lipinski definition) is 0. The van der Waals surface area contributed by atoms with Gasteiger partial charge in [-0.05, 0) is 37.1 Å². The van der Waals surface area contributed by atoms with Crippen LogP contribution in [0.15, 0.2) is 23.7 Å². The lowest BCUT2D eigenvalue weighted by Crippen LogP contribution is -1.96. The molecule has 1 aromatic carbocycles. The molecule has 0 amide bonds. The van der Waals surface area contributed by atoms with Gasteiger partial charge >= 0.3 is 0 Å². The van der Waals surface area contributed by atoms with E-state index in [1.165, 1.54) is 0 Å². The van der Waals surface area contributed by atoms with Gasteiger partial charge in [-0.2, -0.15) is 0 Å². The van der Waals surface area contributed by atoms with Gasteiger partial charge in [0.1, 0.15) is 11.5 Å². The SMILES string of the molecule is C=C=NCc1c(OC)cc(C)cc1OC. The Labute approximate surface area is 90.1 Å². The lowest BCUT2D eigenvalue weighted by atomic mass is 10.1. The lowest BCUT2D eigenvalue weighted by Gasteiger charge is -2.12. The standard InChI is InChI=1S/C12H15NO2/c1-5-13-8-10-11(14-3)6-9(2)7-12(10)15-4/h6-7H,1,8H2,2-4H3. The highest BCUT2D eigenvalue weighted by atomic mass is 16.5. The fourth-order valence-corrected chi connectivity index (χ4v) is 1.41. The average Bonchev–Trinajstić information content (AvgIpc) is 2.26. The van der Waals surface area contributed by atoms with Crippen LogP contribution in [0.5, 0.6) is 11.5 Å². The highest BCUT2D eigenvalue weighted by Gasteiger charge is 2.10. The number of aryl methyl sites for hydroxylation is 1. The summed E-state index contributed by atoms with van der Waals surface area (Å²) in [5.41, 5.74) is 2.01. The summed E-state index contributed by atoms with van der Waals surface area (Å²) in [6.45, 7) is 5.89. The molecule has 3 nitrogen and oxygen atoms in total. The third-order valence-corrected chi connectivity index (χ3v) is 2.10. The van der Waals surface area contributed by atoms with Crippen molar-refractivity contribution in [2.24, 2.45) is 4.99 Å². The second-order valence-electron chi connectivity index (χ2n) is 3.12. The molecule has 1 aromatic rings. The van der Waals surface area contributed by atoms with E-state index in [1.54, 1.807) is 14.2 Å². The molecule has 1 rings (SSSR count). The molecule has 0 fully saturated rings. The van der Waals surface area contributed by atoms with Crippen LogP contribution in [0.25, 0.3) is 0 Å². The summed E-state index contributed by atoms with van der Waals surface area (Å²) in [5, 5.41) is 0. The van der Waals surface area contributed by atoms with E-state index in [1.807, 2.05) is 19.1 Å². The average molecular weight is 205 g/mol. The van der Waals surface area contributed by atoms with Crippen LogP contribution in [-0.4, -0.2) is 20.1 Å². The third-order valence-electron chi connectivity index (χ3n) is 2.10. The van der Waals surface area contributed by atoms with Crippen molar-refractivity contribution in [2.45, 2.75) is 13.5 Å². The second kappa shape index (κ2) is 5.23. The van der Waals surface area contributed by atoms with E-state index < -0.39 is 0 Å². The minimum absolute atomic E-state index is 0.468. The van der Waals surface area contributed by atoms with Gasteiger partial charge < -0.3 is 9.47 Å². The molecule has 0 heterocycles. The van der Waals surface area contributed by atoms with Gasteiger partial charge in [0, 0.05) is 0 Å². The zero-order valence-corrected chi connectivity index (χ0v) is 9.33. The molecule has 0 aliphatic carbocycles. The van der Waals surface area contributed by atoms with Gasteiger partial charge in [-0.15, -0.1) is 0 Å². The fourth-order valence-electron chi connectivity index (χ4n) is 1.41. The van der Waals surface area contributed by atoms with Crippen LogP contribution in [0.2, 0.25) is 0 Å². The summed E-state index contributed by atoms with van der Waals surface area (Å²) in [5.74, 6) is 4.06. The Hall–Kier alpha value is -1.73. The van der Waals surface area contributed by atoms with Crippen molar-refractivity contribution in [1.82, 2.24) is 0 Å². The molecule has 0 unspecified atom stereocenters. The Morgan fingerprint density at radius 2 is 1.80 bits per heavy atom. The molecule has 0 atom stereocenters. The first-order valence-electron chi connectivity index (χ1n) is 4.63. The van der Waals surface area contributed by atoms with Crippen molar-refractivity contribution < 1.29 is 9.47 Å². The largest absolute Gasteiger partial charge is 0.496 e. The van der Waals surface area contributed by atoms with Gasteiger partial charge in [-0.1, -0.05) is 0 Å². The summed E-state index contributed by atoms with van der Waals surface area (Å²) in [6, 6.07) is 3.91. The van der Waals surface area contributed by atoms with Crippen LogP contribution in [-0.2, 0) is 6.54 Å². The van der Waals surface area contributed by atoms with Crippen LogP contribution >= 0.6 is 0 Å². The maximum absolute atomic E-state index is 5.28. The highest BCUT2D eigenvalue weighted by Crippen LogP contribution is 2.30. The Morgan fingerprint density at radius 3 is 2.20 bits per heavy atom. The van der Waals surface area contributed by atoms with Crippen molar-refractivity contribution in [3.63, 3.8) is 0 Å². The molecular weight excluding hydrogens is 190 g/mol. The summed E-state index contributed by atoms with van der Waals surface area (Å²) in [7, 11) is 3.27. The zero-order valence-electron chi connectivity index (χ0n) is 9.33. The first-order valence-corrected chi connectivity index (χ1v) is 4.63. The molecule has 0 saturated carbocycles. The monoisotopic (exact) mass is 205 g/mol.